The monoisotopic (exact) mass is 466 g/mol. The van der Waals surface area contributed by atoms with Crippen molar-refractivity contribution in [3.8, 4) is 0 Å². The molecule has 2 heterocycles. The normalized spacial score (nSPS) is 20.6. The molecule has 7 nitrogen and oxygen atoms in total. The van der Waals surface area contributed by atoms with E-state index in [-0.39, 0.29) is 17.8 Å². The first kappa shape index (κ1) is 22.9. The Kier molecular flexibility index (Phi) is 5.93. The molecular formula is C25H27ClN4O3. The van der Waals surface area contributed by atoms with Crippen molar-refractivity contribution in [1.82, 2.24) is 10.2 Å². The molecule has 2 N–H and O–H groups in total. The van der Waals surface area contributed by atoms with Gasteiger partial charge in [0.15, 0.2) is 0 Å². The van der Waals surface area contributed by atoms with Crippen LogP contribution < -0.4 is 15.5 Å². The zero-order valence-corrected chi connectivity index (χ0v) is 19.9. The van der Waals surface area contributed by atoms with Crippen molar-refractivity contribution in [2.75, 3.05) is 23.8 Å². The van der Waals surface area contributed by atoms with Crippen LogP contribution in [0.3, 0.4) is 0 Å². The Hall–Kier alpha value is -3.32. The first-order valence-corrected chi connectivity index (χ1v) is 11.2. The molecule has 0 aromatic heterocycles. The number of anilines is 2. The van der Waals surface area contributed by atoms with Gasteiger partial charge in [-0.2, -0.15) is 0 Å². The maximum Gasteiger partial charge on any atom is 0.329 e. The summed E-state index contributed by atoms with van der Waals surface area (Å²) >= 11 is 5.85. The van der Waals surface area contributed by atoms with Crippen LogP contribution in [0.1, 0.15) is 44.2 Å². The van der Waals surface area contributed by atoms with E-state index in [4.69, 9.17) is 11.6 Å². The van der Waals surface area contributed by atoms with E-state index in [2.05, 4.69) is 55.5 Å². The highest BCUT2D eigenvalue weighted by molar-refractivity contribution is 6.30. The number of halogens is 1. The van der Waals surface area contributed by atoms with Crippen LogP contribution in [0.4, 0.5) is 16.2 Å². The van der Waals surface area contributed by atoms with E-state index in [9.17, 15) is 14.4 Å². The lowest BCUT2D eigenvalue weighted by Crippen LogP contribution is -2.45. The topological polar surface area (TPSA) is 81.8 Å². The first-order chi connectivity index (χ1) is 15.5. The van der Waals surface area contributed by atoms with Crippen molar-refractivity contribution in [3.05, 3.63) is 64.3 Å². The fourth-order valence-corrected chi connectivity index (χ4v) is 4.57. The van der Waals surface area contributed by atoms with Gasteiger partial charge in [-0.15, -0.1) is 0 Å². The molecule has 4 rings (SSSR count). The molecular weight excluding hydrogens is 440 g/mol. The molecule has 0 bridgehead atoms. The van der Waals surface area contributed by atoms with Crippen molar-refractivity contribution in [2.24, 2.45) is 0 Å². The lowest BCUT2D eigenvalue weighted by atomic mass is 9.80. The second kappa shape index (κ2) is 8.56. The van der Waals surface area contributed by atoms with E-state index in [1.807, 2.05) is 6.07 Å². The molecule has 1 fully saturated rings. The predicted octanol–water partition coefficient (Wildman–Crippen LogP) is 4.59. The summed E-state index contributed by atoms with van der Waals surface area (Å²) in [5.74, 6) is -0.642. The Labute approximate surface area is 198 Å². The summed E-state index contributed by atoms with van der Waals surface area (Å²) < 4.78 is 0. The summed E-state index contributed by atoms with van der Waals surface area (Å²) in [5.41, 5.74) is 3.95. The molecule has 33 heavy (non-hydrogen) atoms. The molecule has 0 saturated carbocycles. The van der Waals surface area contributed by atoms with Gasteiger partial charge >= 0.3 is 6.03 Å². The number of imide groups is 1. The van der Waals surface area contributed by atoms with Crippen LogP contribution in [0, 0.1) is 0 Å². The van der Waals surface area contributed by atoms with Crippen LogP contribution in [0.15, 0.2) is 48.2 Å². The quantitative estimate of drug-likeness (QED) is 0.510. The van der Waals surface area contributed by atoms with Gasteiger partial charge < -0.3 is 15.5 Å². The fraction of sp³-hybridized carbons (Fsp3) is 0.320. The molecule has 0 spiro atoms. The standard InChI is InChI=1S/C25H27ClN4O3/c1-15-13-25(2,3)29(4)21-10-5-16(11-19(15)21)12-20-23(32)30(24(33)28-20)14-22(31)27-18-8-6-17(26)7-9-18/h5-12,15H,13-14H2,1-4H3,(H,27,31)(H,28,33)/b20-12-/t15-/m1/s1. The molecule has 2 aliphatic rings. The maximum absolute atomic E-state index is 12.8. The Bertz CT molecular complexity index is 1160. The van der Waals surface area contributed by atoms with Gasteiger partial charge in [0.25, 0.3) is 5.91 Å². The number of hydrogen-bond acceptors (Lipinski definition) is 4. The SMILES string of the molecule is C[C@@H]1CC(C)(C)N(C)c2ccc(/C=C3\NC(=O)N(CC(=O)Nc4ccc(Cl)cc4)C3=O)cc21. The van der Waals surface area contributed by atoms with Crippen LogP contribution in [0.25, 0.3) is 6.08 Å². The summed E-state index contributed by atoms with van der Waals surface area (Å²) in [4.78, 5) is 40.7. The van der Waals surface area contributed by atoms with Crippen molar-refractivity contribution < 1.29 is 14.4 Å². The molecule has 172 valence electrons. The summed E-state index contributed by atoms with van der Waals surface area (Å²) in [6.07, 6.45) is 2.67. The van der Waals surface area contributed by atoms with E-state index < -0.39 is 17.8 Å². The highest BCUT2D eigenvalue weighted by Crippen LogP contribution is 2.42. The molecule has 1 saturated heterocycles. The van der Waals surface area contributed by atoms with Gasteiger partial charge in [0, 0.05) is 29.0 Å². The number of carbonyl (C=O) groups is 3. The van der Waals surface area contributed by atoms with Crippen LogP contribution in [-0.2, 0) is 9.59 Å². The van der Waals surface area contributed by atoms with Gasteiger partial charge in [-0.1, -0.05) is 24.6 Å². The Morgan fingerprint density at radius 3 is 2.61 bits per heavy atom. The number of nitrogens with zero attached hydrogens (tertiary/aromatic N) is 2. The number of urea groups is 1. The summed E-state index contributed by atoms with van der Waals surface area (Å²) in [7, 11) is 2.09. The van der Waals surface area contributed by atoms with Gasteiger partial charge in [0.05, 0.1) is 0 Å². The van der Waals surface area contributed by atoms with Crippen LogP contribution in [-0.4, -0.2) is 41.9 Å². The number of benzene rings is 2. The lowest BCUT2D eigenvalue weighted by Gasteiger charge is -2.45. The minimum Gasteiger partial charge on any atom is -0.369 e. The third-order valence-corrected chi connectivity index (χ3v) is 6.61. The molecule has 4 amide bonds. The second-order valence-corrected chi connectivity index (χ2v) is 9.67. The highest BCUT2D eigenvalue weighted by atomic mass is 35.5. The summed E-state index contributed by atoms with van der Waals surface area (Å²) in [6, 6.07) is 12.0. The Morgan fingerprint density at radius 2 is 1.91 bits per heavy atom. The van der Waals surface area contributed by atoms with Gasteiger partial charge in [0.2, 0.25) is 5.91 Å². The van der Waals surface area contributed by atoms with E-state index in [1.165, 1.54) is 11.3 Å². The third-order valence-electron chi connectivity index (χ3n) is 6.36. The van der Waals surface area contributed by atoms with Crippen molar-refractivity contribution in [2.45, 2.75) is 38.6 Å². The largest absolute Gasteiger partial charge is 0.369 e. The number of carbonyl (C=O) groups excluding carboxylic acids is 3. The first-order valence-electron chi connectivity index (χ1n) is 10.8. The molecule has 0 unspecified atom stereocenters. The van der Waals surface area contributed by atoms with Gasteiger partial charge in [0.1, 0.15) is 12.2 Å². The maximum atomic E-state index is 12.8. The van der Waals surface area contributed by atoms with Crippen molar-refractivity contribution in [3.63, 3.8) is 0 Å². The molecule has 1 atom stereocenters. The minimum atomic E-state index is -0.620. The van der Waals surface area contributed by atoms with E-state index in [0.717, 1.165) is 16.9 Å². The van der Waals surface area contributed by atoms with Gasteiger partial charge in [-0.3, -0.25) is 9.59 Å². The summed E-state index contributed by atoms with van der Waals surface area (Å²) in [5, 5.41) is 5.78. The van der Waals surface area contributed by atoms with Crippen molar-refractivity contribution in [1.29, 1.82) is 0 Å². The third kappa shape index (κ3) is 4.59. The highest BCUT2D eigenvalue weighted by Gasteiger charge is 2.36. The van der Waals surface area contributed by atoms with Crippen LogP contribution >= 0.6 is 11.6 Å². The van der Waals surface area contributed by atoms with Crippen LogP contribution in [0.2, 0.25) is 5.02 Å². The van der Waals surface area contributed by atoms with Crippen molar-refractivity contribution >= 4 is 46.9 Å². The number of amides is 4. The molecule has 2 aromatic carbocycles. The zero-order valence-electron chi connectivity index (χ0n) is 19.1. The number of hydrogen-bond donors (Lipinski definition) is 2. The average molecular weight is 467 g/mol. The number of rotatable bonds is 4. The van der Waals surface area contributed by atoms with Gasteiger partial charge in [-0.05, 0) is 79.8 Å². The van der Waals surface area contributed by atoms with Gasteiger partial charge in [-0.25, -0.2) is 9.69 Å². The molecule has 8 heteroatoms. The number of fused-ring (bicyclic) bond motifs is 1. The Balaban J connectivity index is 1.49. The van der Waals surface area contributed by atoms with Crippen LogP contribution in [0.5, 0.6) is 0 Å². The predicted molar refractivity (Wildman–Crippen MR) is 130 cm³/mol. The molecule has 0 radical (unpaired) electrons. The van der Waals surface area contributed by atoms with E-state index in [0.29, 0.717) is 16.6 Å². The molecule has 0 aliphatic carbocycles. The van der Waals surface area contributed by atoms with E-state index >= 15 is 0 Å². The molecule has 2 aliphatic heterocycles. The smallest absolute Gasteiger partial charge is 0.329 e. The fourth-order valence-electron chi connectivity index (χ4n) is 4.44. The zero-order chi connectivity index (χ0) is 23.9. The molecule has 2 aromatic rings. The second-order valence-electron chi connectivity index (χ2n) is 9.23. The Morgan fingerprint density at radius 1 is 1.21 bits per heavy atom. The lowest BCUT2D eigenvalue weighted by molar-refractivity contribution is -0.127. The average Bonchev–Trinajstić information content (AvgIpc) is 3.01. The summed E-state index contributed by atoms with van der Waals surface area (Å²) in [6.45, 7) is 6.28. The number of nitrogens with one attached hydrogen (secondary N) is 2. The minimum absolute atomic E-state index is 0.0644. The van der Waals surface area contributed by atoms with E-state index in [1.54, 1.807) is 30.3 Å².